The second-order valence-corrected chi connectivity index (χ2v) is 6.03. The van der Waals surface area contributed by atoms with E-state index < -0.39 is 0 Å². The van der Waals surface area contributed by atoms with E-state index in [-0.39, 0.29) is 11.9 Å². The van der Waals surface area contributed by atoms with Crippen molar-refractivity contribution in [3.05, 3.63) is 29.8 Å². The average Bonchev–Trinajstić information content (AvgIpc) is 2.45. The number of para-hydroxylation sites is 1. The van der Waals surface area contributed by atoms with Crippen LogP contribution in [0.25, 0.3) is 0 Å². The van der Waals surface area contributed by atoms with Gasteiger partial charge in [0.25, 0.3) is 0 Å². The lowest BCUT2D eigenvalue weighted by Gasteiger charge is -2.37. The van der Waals surface area contributed by atoms with E-state index in [9.17, 15) is 4.79 Å². The fourth-order valence-corrected chi connectivity index (χ4v) is 3.10. The summed E-state index contributed by atoms with van der Waals surface area (Å²) in [6.07, 6.45) is 1.96. The first-order chi connectivity index (χ1) is 10.0. The Morgan fingerprint density at radius 1 is 1.43 bits per heavy atom. The van der Waals surface area contributed by atoms with Gasteiger partial charge in [0, 0.05) is 30.9 Å². The molecule has 1 aliphatic heterocycles. The molecule has 0 aliphatic carbocycles. The van der Waals surface area contributed by atoms with Crippen LogP contribution in [0.3, 0.4) is 0 Å². The summed E-state index contributed by atoms with van der Waals surface area (Å²) in [5.41, 5.74) is 8.15. The van der Waals surface area contributed by atoms with Gasteiger partial charge in [-0.15, -0.1) is 0 Å². The number of rotatable bonds is 4. The van der Waals surface area contributed by atoms with Crippen molar-refractivity contribution >= 4 is 11.6 Å². The molecule has 1 fully saturated rings. The third-order valence-electron chi connectivity index (χ3n) is 4.42. The minimum atomic E-state index is 0.175. The highest BCUT2D eigenvalue weighted by Gasteiger charge is 2.26. The van der Waals surface area contributed by atoms with E-state index in [1.54, 1.807) is 0 Å². The highest BCUT2D eigenvalue weighted by molar-refractivity contribution is 5.95. The summed E-state index contributed by atoms with van der Waals surface area (Å²) < 4.78 is 0. The number of nitrogens with two attached hydrogens (primary N) is 1. The molecule has 0 bridgehead atoms. The second-order valence-electron chi connectivity index (χ2n) is 6.03. The number of carbonyl (C=O) groups is 1. The van der Waals surface area contributed by atoms with Crippen LogP contribution < -0.4 is 10.6 Å². The first-order valence-corrected chi connectivity index (χ1v) is 7.88. The number of aryl methyl sites for hydroxylation is 1. The highest BCUT2D eigenvalue weighted by Crippen LogP contribution is 2.21. The maximum absolute atomic E-state index is 12.7. The fourth-order valence-electron chi connectivity index (χ4n) is 3.10. The zero-order chi connectivity index (χ0) is 15.4. The summed E-state index contributed by atoms with van der Waals surface area (Å²) in [5, 5.41) is 0. The average molecular weight is 289 g/mol. The molecule has 2 rings (SSSR count). The number of carbonyl (C=O) groups excluding carboxylic acids is 1. The number of amides is 1. The standard InChI is InChI=1S/C17H27N3O/c1-4-20(16-8-6-5-7-13(16)2)17(21)12-19-10-9-15(18)11-14(19)3/h5-8,14-15H,4,9-12,18H2,1-3H3. The minimum Gasteiger partial charge on any atom is -0.328 e. The van der Waals surface area contributed by atoms with Crippen LogP contribution >= 0.6 is 0 Å². The zero-order valence-electron chi connectivity index (χ0n) is 13.4. The summed E-state index contributed by atoms with van der Waals surface area (Å²) in [6.45, 7) is 8.34. The molecular formula is C17H27N3O. The van der Waals surface area contributed by atoms with Gasteiger partial charge in [0.05, 0.1) is 6.54 Å². The maximum atomic E-state index is 12.7. The van der Waals surface area contributed by atoms with Gasteiger partial charge in [-0.25, -0.2) is 0 Å². The van der Waals surface area contributed by atoms with Crippen molar-refractivity contribution in [2.45, 2.75) is 45.7 Å². The smallest absolute Gasteiger partial charge is 0.241 e. The van der Waals surface area contributed by atoms with Crippen LogP contribution in [0.2, 0.25) is 0 Å². The number of piperidine rings is 1. The molecule has 0 radical (unpaired) electrons. The van der Waals surface area contributed by atoms with E-state index in [1.165, 1.54) is 0 Å². The van der Waals surface area contributed by atoms with Crippen molar-refractivity contribution in [1.29, 1.82) is 0 Å². The largest absolute Gasteiger partial charge is 0.328 e. The van der Waals surface area contributed by atoms with E-state index >= 15 is 0 Å². The lowest BCUT2D eigenvalue weighted by atomic mass is 9.99. The zero-order valence-corrected chi connectivity index (χ0v) is 13.4. The van der Waals surface area contributed by atoms with Crippen LogP contribution in [0.15, 0.2) is 24.3 Å². The van der Waals surface area contributed by atoms with E-state index in [4.69, 9.17) is 5.73 Å². The Bertz CT molecular complexity index is 489. The number of likely N-dealkylation sites (N-methyl/N-ethyl adjacent to an activating group) is 1. The van der Waals surface area contributed by atoms with Crippen molar-refractivity contribution < 1.29 is 4.79 Å². The number of hydrogen-bond donors (Lipinski definition) is 1. The Morgan fingerprint density at radius 3 is 2.76 bits per heavy atom. The van der Waals surface area contributed by atoms with Crippen LogP contribution in [-0.4, -0.2) is 42.5 Å². The molecule has 4 nitrogen and oxygen atoms in total. The molecule has 0 spiro atoms. The molecule has 116 valence electrons. The third kappa shape index (κ3) is 3.83. The number of hydrogen-bond acceptors (Lipinski definition) is 3. The topological polar surface area (TPSA) is 49.6 Å². The fraction of sp³-hybridized carbons (Fsp3) is 0.588. The van der Waals surface area contributed by atoms with Gasteiger partial charge in [-0.2, -0.15) is 0 Å². The Morgan fingerprint density at radius 2 is 2.14 bits per heavy atom. The first-order valence-electron chi connectivity index (χ1n) is 7.88. The summed E-state index contributed by atoms with van der Waals surface area (Å²) >= 11 is 0. The van der Waals surface area contributed by atoms with Crippen molar-refractivity contribution in [2.75, 3.05) is 24.5 Å². The molecule has 0 saturated carbocycles. The monoisotopic (exact) mass is 289 g/mol. The third-order valence-corrected chi connectivity index (χ3v) is 4.42. The summed E-state index contributed by atoms with van der Waals surface area (Å²) in [5.74, 6) is 0.175. The van der Waals surface area contributed by atoms with E-state index in [0.717, 1.165) is 30.6 Å². The van der Waals surface area contributed by atoms with Crippen LogP contribution in [0.4, 0.5) is 5.69 Å². The quantitative estimate of drug-likeness (QED) is 0.924. The Labute approximate surface area is 127 Å². The number of benzene rings is 1. The normalized spacial score (nSPS) is 23.0. The van der Waals surface area contributed by atoms with Crippen LogP contribution in [-0.2, 0) is 4.79 Å². The molecule has 1 heterocycles. The Balaban J connectivity index is 2.06. The SMILES string of the molecule is CCN(C(=O)CN1CCC(N)CC1C)c1ccccc1C. The molecule has 1 amide bonds. The number of anilines is 1. The lowest BCUT2D eigenvalue weighted by molar-refractivity contribution is -0.120. The molecule has 1 saturated heterocycles. The molecule has 4 heteroatoms. The predicted molar refractivity (Wildman–Crippen MR) is 87.5 cm³/mol. The van der Waals surface area contributed by atoms with Crippen LogP contribution in [0.1, 0.15) is 32.3 Å². The highest BCUT2D eigenvalue weighted by atomic mass is 16.2. The first kappa shape index (κ1) is 16.0. The van der Waals surface area contributed by atoms with Crippen molar-refractivity contribution in [2.24, 2.45) is 5.73 Å². The van der Waals surface area contributed by atoms with E-state index in [2.05, 4.69) is 11.8 Å². The van der Waals surface area contributed by atoms with E-state index in [0.29, 0.717) is 19.1 Å². The molecule has 2 N–H and O–H groups in total. The molecule has 1 aliphatic rings. The van der Waals surface area contributed by atoms with Gasteiger partial charge in [0.1, 0.15) is 0 Å². The van der Waals surface area contributed by atoms with Crippen LogP contribution in [0.5, 0.6) is 0 Å². The van der Waals surface area contributed by atoms with E-state index in [1.807, 2.05) is 43.0 Å². The van der Waals surface area contributed by atoms with Crippen molar-refractivity contribution in [3.8, 4) is 0 Å². The van der Waals surface area contributed by atoms with Crippen molar-refractivity contribution in [3.63, 3.8) is 0 Å². The number of nitrogens with zero attached hydrogens (tertiary/aromatic N) is 2. The molecule has 1 aromatic rings. The van der Waals surface area contributed by atoms with Gasteiger partial charge < -0.3 is 10.6 Å². The summed E-state index contributed by atoms with van der Waals surface area (Å²) in [6, 6.07) is 8.73. The van der Waals surface area contributed by atoms with Gasteiger partial charge in [-0.1, -0.05) is 18.2 Å². The van der Waals surface area contributed by atoms with Gasteiger partial charge in [-0.05, 0) is 45.2 Å². The summed E-state index contributed by atoms with van der Waals surface area (Å²) in [7, 11) is 0. The molecule has 2 atom stereocenters. The lowest BCUT2D eigenvalue weighted by Crippen LogP contribution is -2.50. The minimum absolute atomic E-state index is 0.175. The number of likely N-dealkylation sites (tertiary alicyclic amines) is 1. The molecular weight excluding hydrogens is 262 g/mol. The Kier molecular flexibility index (Phi) is 5.37. The molecule has 0 aromatic heterocycles. The van der Waals surface area contributed by atoms with Gasteiger partial charge in [-0.3, -0.25) is 9.69 Å². The van der Waals surface area contributed by atoms with Crippen molar-refractivity contribution in [1.82, 2.24) is 4.90 Å². The maximum Gasteiger partial charge on any atom is 0.241 e. The second kappa shape index (κ2) is 7.05. The van der Waals surface area contributed by atoms with Gasteiger partial charge in [0.2, 0.25) is 5.91 Å². The van der Waals surface area contributed by atoms with Gasteiger partial charge >= 0.3 is 0 Å². The summed E-state index contributed by atoms with van der Waals surface area (Å²) in [4.78, 5) is 16.8. The molecule has 21 heavy (non-hydrogen) atoms. The Hall–Kier alpha value is -1.39. The molecule has 2 unspecified atom stereocenters. The van der Waals surface area contributed by atoms with Gasteiger partial charge in [0.15, 0.2) is 0 Å². The van der Waals surface area contributed by atoms with Crippen LogP contribution in [0, 0.1) is 6.92 Å². The molecule has 1 aromatic carbocycles. The predicted octanol–water partition coefficient (Wildman–Crippen LogP) is 2.16.